The maximum Gasteiger partial charge on any atom is 0.104 e. The van der Waals surface area contributed by atoms with Crippen molar-refractivity contribution in [2.75, 3.05) is 37.4 Å². The van der Waals surface area contributed by atoms with Gasteiger partial charge >= 0.3 is 0 Å². The van der Waals surface area contributed by atoms with Crippen LogP contribution >= 0.6 is 0 Å². The third-order valence-corrected chi connectivity index (χ3v) is 5.35. The van der Waals surface area contributed by atoms with Crippen LogP contribution in [0.2, 0.25) is 0 Å². The van der Waals surface area contributed by atoms with Gasteiger partial charge in [0, 0.05) is 17.9 Å². The Morgan fingerprint density at radius 2 is 1.21 bits per heavy atom. The van der Waals surface area contributed by atoms with Crippen LogP contribution in [0.5, 0.6) is 0 Å². The number of anilines is 2. The molecule has 38 heavy (non-hydrogen) atoms. The maximum atomic E-state index is 9.80. The molecule has 0 bridgehead atoms. The minimum atomic E-state index is -0.510. The smallest absolute Gasteiger partial charge is 0.104 e. The van der Waals surface area contributed by atoms with E-state index in [0.717, 1.165) is 30.2 Å². The van der Waals surface area contributed by atoms with Gasteiger partial charge in [0.2, 0.25) is 0 Å². The Morgan fingerprint density at radius 1 is 0.737 bits per heavy atom. The summed E-state index contributed by atoms with van der Waals surface area (Å²) in [6, 6.07) is 39.4. The molecule has 1 aliphatic heterocycles. The molecule has 0 aliphatic carbocycles. The van der Waals surface area contributed by atoms with Crippen molar-refractivity contribution in [1.29, 1.82) is 0 Å². The lowest BCUT2D eigenvalue weighted by Crippen LogP contribution is -2.24. The highest BCUT2D eigenvalue weighted by Gasteiger charge is 2.22. The van der Waals surface area contributed by atoms with Gasteiger partial charge in [0.1, 0.15) is 6.10 Å². The van der Waals surface area contributed by atoms with Crippen molar-refractivity contribution < 1.29 is 19.3 Å². The monoisotopic (exact) mass is 514 g/mol. The normalized spacial score (nSPS) is 14.2. The first-order valence-electron chi connectivity index (χ1n) is 12.8. The summed E-state index contributed by atoms with van der Waals surface area (Å²) >= 11 is 0. The predicted octanol–water partition coefficient (Wildman–Crippen LogP) is 5.55. The highest BCUT2D eigenvalue weighted by Crippen LogP contribution is 2.10. The molecular weight excluding hydrogens is 476 g/mol. The van der Waals surface area contributed by atoms with Crippen LogP contribution in [-0.4, -0.2) is 43.7 Å². The number of nitrogens with one attached hydrogen (secondary N) is 1. The number of epoxide rings is 1. The van der Waals surface area contributed by atoms with E-state index in [1.54, 1.807) is 0 Å². The number of aliphatic hydroxyl groups excluding tert-OH is 1. The van der Waals surface area contributed by atoms with Crippen LogP contribution in [-0.2, 0) is 27.4 Å². The van der Waals surface area contributed by atoms with Crippen molar-refractivity contribution in [2.45, 2.75) is 25.4 Å². The lowest BCUT2D eigenvalue weighted by atomic mass is 10.2. The minimum Gasteiger partial charge on any atom is -0.399 e. The van der Waals surface area contributed by atoms with Gasteiger partial charge in [-0.05, 0) is 35.4 Å². The Kier molecular flexibility index (Phi) is 13.5. The lowest BCUT2D eigenvalue weighted by molar-refractivity contribution is 0.0348. The molecule has 4 aromatic rings. The average Bonchev–Trinajstić information content (AvgIpc) is 3.79. The zero-order chi connectivity index (χ0) is 26.7. The van der Waals surface area contributed by atoms with Crippen LogP contribution in [0, 0.1) is 0 Å². The fourth-order valence-electron chi connectivity index (χ4n) is 3.24. The first-order valence-corrected chi connectivity index (χ1v) is 12.8. The summed E-state index contributed by atoms with van der Waals surface area (Å²) in [6.07, 6.45) is -0.141. The van der Waals surface area contributed by atoms with Gasteiger partial charge in [0.25, 0.3) is 0 Å². The molecular formula is C32H38N2O4. The second-order valence-corrected chi connectivity index (χ2v) is 8.77. The average molecular weight is 515 g/mol. The molecule has 2 unspecified atom stereocenters. The summed E-state index contributed by atoms with van der Waals surface area (Å²) < 4.78 is 15.9. The van der Waals surface area contributed by atoms with Crippen LogP contribution in [0.25, 0.3) is 0 Å². The fourth-order valence-corrected chi connectivity index (χ4v) is 3.24. The number of rotatable bonds is 11. The Labute approximate surface area is 226 Å². The molecule has 0 aromatic heterocycles. The molecule has 1 saturated heterocycles. The first kappa shape index (κ1) is 28.9. The van der Waals surface area contributed by atoms with E-state index < -0.39 is 6.10 Å². The van der Waals surface area contributed by atoms with Gasteiger partial charge in [-0.1, -0.05) is 97.1 Å². The van der Waals surface area contributed by atoms with Gasteiger partial charge < -0.3 is 30.4 Å². The topological polar surface area (TPSA) is 89.3 Å². The van der Waals surface area contributed by atoms with Crippen LogP contribution < -0.4 is 11.1 Å². The van der Waals surface area contributed by atoms with E-state index in [2.05, 4.69) is 17.4 Å². The largest absolute Gasteiger partial charge is 0.399 e. The third kappa shape index (κ3) is 13.6. The maximum absolute atomic E-state index is 9.80. The van der Waals surface area contributed by atoms with Crippen molar-refractivity contribution in [3.05, 3.63) is 132 Å². The standard InChI is InChI=1S/C16H19NO2.C10H12O2.C6H7N/c18-16(11-17-15-9-5-2-6-10-15)13-19-12-14-7-3-1-4-8-14;1-2-4-9(5-3-1)6-11-7-10-8-12-10;7-6-4-2-1-3-5-6/h1-10,16-18H,11-13H2;1-5,10H,6-8H2;1-5H,7H2. The zero-order valence-corrected chi connectivity index (χ0v) is 21.7. The highest BCUT2D eigenvalue weighted by atomic mass is 16.6. The van der Waals surface area contributed by atoms with E-state index in [0.29, 0.717) is 32.5 Å². The van der Waals surface area contributed by atoms with Crippen LogP contribution in [0.15, 0.2) is 121 Å². The number of hydrogen-bond acceptors (Lipinski definition) is 6. The van der Waals surface area contributed by atoms with Gasteiger partial charge in [0.15, 0.2) is 0 Å². The zero-order valence-electron chi connectivity index (χ0n) is 21.7. The Hall–Kier alpha value is -3.68. The van der Waals surface area contributed by atoms with Crippen molar-refractivity contribution >= 4 is 11.4 Å². The SMILES string of the molecule is Nc1ccccc1.OC(CNc1ccccc1)COCc1ccccc1.c1ccc(COCC2CO2)cc1. The summed E-state index contributed by atoms with van der Waals surface area (Å²) in [7, 11) is 0. The van der Waals surface area contributed by atoms with Crippen LogP contribution in [0.4, 0.5) is 11.4 Å². The molecule has 1 fully saturated rings. The van der Waals surface area contributed by atoms with E-state index in [4.69, 9.17) is 19.9 Å². The van der Waals surface area contributed by atoms with Crippen molar-refractivity contribution in [2.24, 2.45) is 0 Å². The Morgan fingerprint density at radius 3 is 1.68 bits per heavy atom. The highest BCUT2D eigenvalue weighted by molar-refractivity contribution is 5.42. The number of nitrogens with two attached hydrogens (primary N) is 1. The van der Waals surface area contributed by atoms with Crippen molar-refractivity contribution in [1.82, 2.24) is 0 Å². The Balaban J connectivity index is 0.000000178. The number of benzene rings is 4. The van der Waals surface area contributed by atoms with E-state index in [9.17, 15) is 5.11 Å². The number of hydrogen-bond donors (Lipinski definition) is 3. The quantitative estimate of drug-likeness (QED) is 0.180. The van der Waals surface area contributed by atoms with Crippen molar-refractivity contribution in [3.8, 4) is 0 Å². The summed E-state index contributed by atoms with van der Waals surface area (Å²) in [5, 5.41) is 13.0. The summed E-state index contributed by atoms with van der Waals surface area (Å²) in [6.45, 7) is 3.64. The predicted molar refractivity (Wildman–Crippen MR) is 154 cm³/mol. The van der Waals surface area contributed by atoms with Crippen molar-refractivity contribution in [3.63, 3.8) is 0 Å². The van der Waals surface area contributed by atoms with Gasteiger partial charge in [-0.3, -0.25) is 0 Å². The number of nitrogen functional groups attached to an aromatic ring is 1. The van der Waals surface area contributed by atoms with E-state index in [1.165, 1.54) is 5.56 Å². The van der Waals surface area contributed by atoms with E-state index in [-0.39, 0.29) is 0 Å². The molecule has 0 radical (unpaired) electrons. The molecule has 6 nitrogen and oxygen atoms in total. The molecule has 0 saturated carbocycles. The van der Waals surface area contributed by atoms with Crippen LogP contribution in [0.3, 0.4) is 0 Å². The molecule has 1 aliphatic rings. The molecule has 0 amide bonds. The molecule has 6 heteroatoms. The number of aliphatic hydroxyl groups is 1. The van der Waals surface area contributed by atoms with Gasteiger partial charge in [-0.15, -0.1) is 0 Å². The summed E-state index contributed by atoms with van der Waals surface area (Å²) in [4.78, 5) is 0. The number of para-hydroxylation sites is 2. The van der Waals surface area contributed by atoms with Gasteiger partial charge in [-0.2, -0.15) is 0 Å². The molecule has 2 atom stereocenters. The van der Waals surface area contributed by atoms with Gasteiger partial charge in [-0.25, -0.2) is 0 Å². The molecule has 5 rings (SSSR count). The fraction of sp³-hybridized carbons (Fsp3) is 0.250. The molecule has 0 spiro atoms. The van der Waals surface area contributed by atoms with Crippen LogP contribution in [0.1, 0.15) is 11.1 Å². The molecule has 1 heterocycles. The lowest BCUT2D eigenvalue weighted by Gasteiger charge is -2.13. The minimum absolute atomic E-state index is 0.328. The Bertz CT molecular complexity index is 1100. The second-order valence-electron chi connectivity index (χ2n) is 8.77. The van der Waals surface area contributed by atoms with Gasteiger partial charge in [0.05, 0.1) is 39.1 Å². The van der Waals surface area contributed by atoms with E-state index in [1.807, 2.05) is 109 Å². The molecule has 200 valence electrons. The molecule has 4 aromatic carbocycles. The summed E-state index contributed by atoms with van der Waals surface area (Å²) in [5.41, 5.74) is 9.52. The third-order valence-electron chi connectivity index (χ3n) is 5.35. The number of ether oxygens (including phenoxy) is 3. The second kappa shape index (κ2) is 17.7. The van der Waals surface area contributed by atoms with E-state index >= 15 is 0 Å². The molecule has 4 N–H and O–H groups in total. The first-order chi connectivity index (χ1) is 18.7. The summed E-state index contributed by atoms with van der Waals surface area (Å²) in [5.74, 6) is 0.